The van der Waals surface area contributed by atoms with Crippen LogP contribution in [-0.2, 0) is 0 Å². The van der Waals surface area contributed by atoms with Gasteiger partial charge in [0.25, 0.3) is 0 Å². The number of rotatable bonds is 0. The van der Waals surface area contributed by atoms with E-state index in [1.807, 2.05) is 12.3 Å². The fraction of sp³-hybridized carbons (Fsp3) is 0.143. The molecule has 0 aliphatic carbocycles. The minimum atomic E-state index is 0.844. The minimum absolute atomic E-state index is 0.844. The number of hydrogen-bond acceptors (Lipinski definition) is 3. The molecule has 1 aromatic heterocycles. The minimum Gasteiger partial charge on any atom is -0.273 e. The van der Waals surface area contributed by atoms with Gasteiger partial charge in [0.1, 0.15) is 0 Å². The van der Waals surface area contributed by atoms with Gasteiger partial charge in [0.15, 0.2) is 0 Å². The van der Waals surface area contributed by atoms with Crippen molar-refractivity contribution < 1.29 is 0 Å². The maximum atomic E-state index is 4.28. The second kappa shape index (κ2) is 2.42. The van der Waals surface area contributed by atoms with Crippen LogP contribution in [0.15, 0.2) is 23.5 Å². The fourth-order valence-electron chi connectivity index (χ4n) is 0.868. The highest BCUT2D eigenvalue weighted by Gasteiger charge is 1.91. The Labute approximate surface area is 62.7 Å². The highest BCUT2D eigenvalue weighted by atomic mass is 32.2. The molecule has 0 amide bonds. The second-order valence-electron chi connectivity index (χ2n) is 2.01. The van der Waals surface area contributed by atoms with Crippen molar-refractivity contribution in [2.45, 2.75) is 0 Å². The Bertz CT molecular complexity index is 310. The third-order valence-corrected chi connectivity index (χ3v) is 2.05. The quantitative estimate of drug-likeness (QED) is 0.525. The molecule has 1 aromatic rings. The Hall–Kier alpha value is -0.830. The normalized spacial score (nSPS) is 14.8. The monoisotopic (exact) mass is 150 g/mol. The maximum Gasteiger partial charge on any atom is 0.0891 e. The van der Waals surface area contributed by atoms with Crippen LogP contribution in [0.25, 0.3) is 5.41 Å². The van der Waals surface area contributed by atoms with E-state index in [0.29, 0.717) is 0 Å². The molecule has 2 nitrogen and oxygen atoms in total. The van der Waals surface area contributed by atoms with Gasteiger partial charge in [-0.05, 0) is 11.5 Å². The van der Waals surface area contributed by atoms with Crippen LogP contribution in [0.1, 0.15) is 0 Å². The molecule has 10 heavy (non-hydrogen) atoms. The van der Waals surface area contributed by atoms with Crippen molar-refractivity contribution in [1.82, 2.24) is 4.98 Å². The van der Waals surface area contributed by atoms with Crippen molar-refractivity contribution in [3.05, 3.63) is 29.0 Å². The summed E-state index contributed by atoms with van der Waals surface area (Å²) in [6.07, 6.45) is 3.61. The van der Waals surface area contributed by atoms with Gasteiger partial charge in [0, 0.05) is 17.6 Å². The van der Waals surface area contributed by atoms with E-state index < -0.39 is 0 Å². The Morgan fingerprint density at radius 2 is 2.50 bits per heavy atom. The van der Waals surface area contributed by atoms with Crippen LogP contribution < -0.4 is 10.6 Å². The lowest BCUT2D eigenvalue weighted by Gasteiger charge is -1.95. The molecule has 50 valence electrons. The van der Waals surface area contributed by atoms with Gasteiger partial charge in [0.05, 0.1) is 11.2 Å². The van der Waals surface area contributed by atoms with E-state index in [9.17, 15) is 0 Å². The van der Waals surface area contributed by atoms with E-state index in [-0.39, 0.29) is 0 Å². The Kier molecular flexibility index (Phi) is 1.43. The van der Waals surface area contributed by atoms with Crippen LogP contribution in [-0.4, -0.2) is 10.9 Å². The second-order valence-corrected chi connectivity index (χ2v) is 2.83. The number of pyridine rings is 1. The summed E-state index contributed by atoms with van der Waals surface area (Å²) in [5.41, 5.74) is 0. The molecule has 0 unspecified atom stereocenters. The first-order valence-electron chi connectivity index (χ1n) is 3.03. The van der Waals surface area contributed by atoms with Crippen LogP contribution >= 0.6 is 11.8 Å². The lowest BCUT2D eigenvalue weighted by molar-refractivity contribution is 1.16. The van der Waals surface area contributed by atoms with Crippen molar-refractivity contribution in [3.63, 3.8) is 0 Å². The summed E-state index contributed by atoms with van der Waals surface area (Å²) >= 11 is 1.71. The zero-order valence-electron chi connectivity index (χ0n) is 5.32. The molecule has 0 saturated heterocycles. The van der Waals surface area contributed by atoms with Crippen LogP contribution in [0.2, 0.25) is 0 Å². The Morgan fingerprint density at radius 3 is 3.40 bits per heavy atom. The van der Waals surface area contributed by atoms with Crippen LogP contribution in [0.5, 0.6) is 0 Å². The molecule has 2 heterocycles. The van der Waals surface area contributed by atoms with Gasteiger partial charge in [-0.2, -0.15) is 0 Å². The van der Waals surface area contributed by atoms with E-state index in [4.69, 9.17) is 0 Å². The molecular weight excluding hydrogens is 144 g/mol. The van der Waals surface area contributed by atoms with Gasteiger partial charge < -0.3 is 0 Å². The largest absolute Gasteiger partial charge is 0.273 e. The zero-order valence-corrected chi connectivity index (χ0v) is 6.14. The van der Waals surface area contributed by atoms with Gasteiger partial charge in [-0.15, -0.1) is 11.8 Å². The predicted molar refractivity (Wildman–Crippen MR) is 41.9 cm³/mol. The molecule has 2 rings (SSSR count). The molecule has 0 atom stereocenters. The lowest BCUT2D eigenvalue weighted by Crippen LogP contribution is -2.26. The lowest BCUT2D eigenvalue weighted by atomic mass is 10.4. The van der Waals surface area contributed by atoms with Crippen molar-refractivity contribution in [1.29, 1.82) is 0 Å². The van der Waals surface area contributed by atoms with Crippen molar-refractivity contribution >= 4 is 17.2 Å². The van der Waals surface area contributed by atoms with E-state index >= 15 is 0 Å². The van der Waals surface area contributed by atoms with Crippen molar-refractivity contribution in [3.8, 4) is 0 Å². The number of aromatic nitrogens is 1. The first-order chi connectivity index (χ1) is 4.97. The number of nitrogens with zero attached hydrogens (tertiary/aromatic N) is 2. The molecule has 1 aliphatic heterocycles. The topological polar surface area (TPSA) is 25.2 Å². The average Bonchev–Trinajstić information content (AvgIpc) is 2.05. The highest BCUT2D eigenvalue weighted by molar-refractivity contribution is 8.06. The number of fused-ring (bicyclic) bond motifs is 1. The average molecular weight is 150 g/mol. The summed E-state index contributed by atoms with van der Waals surface area (Å²) in [6, 6.07) is 1.94. The van der Waals surface area contributed by atoms with Gasteiger partial charge in [0.2, 0.25) is 0 Å². The van der Waals surface area contributed by atoms with Crippen LogP contribution in [0, 0.1) is 0 Å². The highest BCUT2D eigenvalue weighted by Crippen LogP contribution is 2.01. The van der Waals surface area contributed by atoms with Crippen molar-refractivity contribution in [2.75, 3.05) is 5.88 Å². The molecule has 0 spiro atoms. The van der Waals surface area contributed by atoms with E-state index in [1.54, 1.807) is 18.0 Å². The van der Waals surface area contributed by atoms with Crippen LogP contribution in [0.3, 0.4) is 0 Å². The molecule has 0 fully saturated rings. The summed E-state index contributed by atoms with van der Waals surface area (Å²) < 4.78 is 0. The Morgan fingerprint density at radius 1 is 1.50 bits per heavy atom. The molecular formula is C7H6N2S. The summed E-state index contributed by atoms with van der Waals surface area (Å²) in [5, 5.41) is 4.29. The van der Waals surface area contributed by atoms with E-state index in [1.165, 1.54) is 0 Å². The summed E-state index contributed by atoms with van der Waals surface area (Å²) in [5.74, 6) is 0.844. The first kappa shape index (κ1) is 5.92. The first-order valence-corrected chi connectivity index (χ1v) is 4.08. The fourth-order valence-corrected chi connectivity index (χ4v) is 1.52. The summed E-state index contributed by atoms with van der Waals surface area (Å²) in [6.45, 7) is 0. The standard InChI is InChI=1S/C7H6N2S/c1-2-8-3-6-4-10-5-9-7(1)6/h1-4H,5H2. The van der Waals surface area contributed by atoms with Gasteiger partial charge in [-0.25, -0.2) is 0 Å². The zero-order chi connectivity index (χ0) is 6.81. The molecule has 1 aliphatic rings. The van der Waals surface area contributed by atoms with Gasteiger partial charge >= 0.3 is 0 Å². The molecule has 3 heteroatoms. The summed E-state index contributed by atoms with van der Waals surface area (Å²) in [7, 11) is 0. The van der Waals surface area contributed by atoms with Gasteiger partial charge in [-0.1, -0.05) is 0 Å². The molecule has 0 saturated carbocycles. The molecule has 0 aromatic carbocycles. The molecule has 0 radical (unpaired) electrons. The number of thioether (sulfide) groups is 1. The SMILES string of the molecule is C1=c2cnccc2=NCS1. The van der Waals surface area contributed by atoms with E-state index in [0.717, 1.165) is 16.5 Å². The maximum absolute atomic E-state index is 4.28. The molecule has 0 N–H and O–H groups in total. The Balaban J connectivity index is 2.84. The van der Waals surface area contributed by atoms with E-state index in [2.05, 4.69) is 15.4 Å². The third kappa shape index (κ3) is 0.926. The van der Waals surface area contributed by atoms with Crippen molar-refractivity contribution in [2.24, 2.45) is 4.99 Å². The summed E-state index contributed by atoms with van der Waals surface area (Å²) in [4.78, 5) is 8.28. The molecule has 0 bridgehead atoms. The number of hydrogen-bond donors (Lipinski definition) is 0. The smallest absolute Gasteiger partial charge is 0.0891 e. The van der Waals surface area contributed by atoms with Gasteiger partial charge in [-0.3, -0.25) is 9.98 Å². The predicted octanol–water partition coefficient (Wildman–Crippen LogP) is 0.144. The van der Waals surface area contributed by atoms with Crippen LogP contribution in [0.4, 0.5) is 0 Å². The third-order valence-electron chi connectivity index (χ3n) is 1.35.